The molecule has 1 fully saturated rings. The van der Waals surface area contributed by atoms with Crippen LogP contribution in [0.3, 0.4) is 0 Å². The topological polar surface area (TPSA) is 136 Å². The van der Waals surface area contributed by atoms with Crippen LogP contribution in [0.4, 0.5) is 0 Å². The van der Waals surface area contributed by atoms with Crippen molar-refractivity contribution in [3.63, 3.8) is 0 Å². The first kappa shape index (κ1) is 28.8. The fourth-order valence-corrected chi connectivity index (χ4v) is 5.38. The van der Waals surface area contributed by atoms with Crippen molar-refractivity contribution in [3.8, 4) is 22.6 Å². The number of carbonyl (C=O) groups excluding carboxylic acids is 3. The lowest BCUT2D eigenvalue weighted by Crippen LogP contribution is -2.58. The zero-order valence-electron chi connectivity index (χ0n) is 24.4. The number of aryl methyl sites for hydroxylation is 2. The summed E-state index contributed by atoms with van der Waals surface area (Å²) in [6, 6.07) is 17.6. The number of amides is 3. The second kappa shape index (κ2) is 12.5. The van der Waals surface area contributed by atoms with Gasteiger partial charge in [0.2, 0.25) is 0 Å². The van der Waals surface area contributed by atoms with E-state index >= 15 is 0 Å². The van der Waals surface area contributed by atoms with E-state index in [-0.39, 0.29) is 30.9 Å². The van der Waals surface area contributed by atoms with Crippen molar-refractivity contribution in [2.45, 2.75) is 39.0 Å². The first-order chi connectivity index (χ1) is 21.3. The minimum Gasteiger partial charge on any atom is -0.488 e. The summed E-state index contributed by atoms with van der Waals surface area (Å²) in [7, 11) is 0. The molecule has 1 saturated heterocycles. The van der Waals surface area contributed by atoms with Crippen molar-refractivity contribution in [3.05, 3.63) is 101 Å². The highest BCUT2D eigenvalue weighted by Gasteiger charge is 2.35. The molecule has 6 bridgehead atoms. The second-order valence-electron chi connectivity index (χ2n) is 10.9. The van der Waals surface area contributed by atoms with Gasteiger partial charge in [-0.3, -0.25) is 19.4 Å². The maximum absolute atomic E-state index is 13.6. The Kier molecular flexibility index (Phi) is 8.18. The number of fused-ring (bicyclic) bond motifs is 7. The molecule has 11 heteroatoms. The number of pyridine rings is 1. The molecule has 2 atom stereocenters. The molecule has 0 aliphatic carbocycles. The number of hydrogen-bond acceptors (Lipinski definition) is 8. The van der Waals surface area contributed by atoms with E-state index in [9.17, 15) is 14.4 Å². The van der Waals surface area contributed by atoms with Crippen LogP contribution >= 0.6 is 0 Å². The molecule has 4 aromatic rings. The van der Waals surface area contributed by atoms with Gasteiger partial charge in [0.1, 0.15) is 29.1 Å². The molecule has 2 aromatic heterocycles. The third kappa shape index (κ3) is 6.67. The van der Waals surface area contributed by atoms with E-state index in [2.05, 4.69) is 25.6 Å². The Hall–Kier alpha value is -5.32. The second-order valence-corrected chi connectivity index (χ2v) is 10.9. The van der Waals surface area contributed by atoms with Crippen molar-refractivity contribution in [1.82, 2.24) is 30.5 Å². The van der Waals surface area contributed by atoms with Crippen LogP contribution in [0.15, 0.2) is 73.1 Å². The van der Waals surface area contributed by atoms with E-state index in [0.29, 0.717) is 59.3 Å². The van der Waals surface area contributed by atoms with Gasteiger partial charge >= 0.3 is 0 Å². The molecule has 2 aromatic carbocycles. The maximum Gasteiger partial charge on any atom is 0.272 e. The van der Waals surface area contributed by atoms with Gasteiger partial charge in [0, 0.05) is 49.7 Å². The predicted molar refractivity (Wildman–Crippen MR) is 161 cm³/mol. The summed E-state index contributed by atoms with van der Waals surface area (Å²) in [4.78, 5) is 54.2. The van der Waals surface area contributed by atoms with Crippen LogP contribution in [-0.2, 0) is 11.3 Å². The number of nitrogens with zero attached hydrogens (tertiary/aromatic N) is 4. The minimum atomic E-state index is -0.519. The zero-order chi connectivity index (χ0) is 30.6. The van der Waals surface area contributed by atoms with Crippen LogP contribution in [0.25, 0.3) is 11.1 Å². The molecule has 0 radical (unpaired) electrons. The summed E-state index contributed by atoms with van der Waals surface area (Å²) < 4.78 is 12.1. The van der Waals surface area contributed by atoms with Gasteiger partial charge in [0.05, 0.1) is 11.6 Å². The number of likely N-dealkylation sites (tertiary alicyclic amines) is 1. The van der Waals surface area contributed by atoms with Crippen molar-refractivity contribution in [1.29, 1.82) is 0 Å². The lowest BCUT2D eigenvalue weighted by Gasteiger charge is -2.38. The Labute approximate surface area is 254 Å². The van der Waals surface area contributed by atoms with Crippen molar-refractivity contribution >= 4 is 17.7 Å². The number of nitrogens with one attached hydrogen (secondary N) is 2. The highest BCUT2D eigenvalue weighted by molar-refractivity contribution is 5.96. The molecule has 0 spiro atoms. The van der Waals surface area contributed by atoms with Gasteiger partial charge in [0.15, 0.2) is 6.61 Å². The van der Waals surface area contributed by atoms with E-state index in [1.54, 1.807) is 42.3 Å². The largest absolute Gasteiger partial charge is 0.488 e. The van der Waals surface area contributed by atoms with Crippen LogP contribution < -0.4 is 20.1 Å². The highest BCUT2D eigenvalue weighted by Crippen LogP contribution is 2.25. The predicted octanol–water partition coefficient (Wildman–Crippen LogP) is 3.26. The van der Waals surface area contributed by atoms with Gasteiger partial charge in [-0.05, 0) is 61.4 Å². The minimum absolute atomic E-state index is 0.135. The van der Waals surface area contributed by atoms with Crippen molar-refractivity contribution < 1.29 is 23.9 Å². The summed E-state index contributed by atoms with van der Waals surface area (Å²) >= 11 is 0. The van der Waals surface area contributed by atoms with Gasteiger partial charge in [-0.15, -0.1) is 0 Å². The Morgan fingerprint density at radius 1 is 0.932 bits per heavy atom. The summed E-state index contributed by atoms with van der Waals surface area (Å²) in [5.74, 6) is 0.847. The molecule has 224 valence electrons. The normalized spacial score (nSPS) is 18.6. The number of benzene rings is 2. The van der Waals surface area contributed by atoms with E-state index < -0.39 is 12.1 Å². The van der Waals surface area contributed by atoms with Gasteiger partial charge in [-0.2, -0.15) is 0 Å². The molecule has 0 unspecified atom stereocenters. The number of piperidine rings is 1. The van der Waals surface area contributed by atoms with Crippen LogP contribution in [0.2, 0.25) is 0 Å². The van der Waals surface area contributed by atoms with Crippen molar-refractivity contribution in [2.24, 2.45) is 0 Å². The van der Waals surface area contributed by atoms with E-state index in [0.717, 1.165) is 11.1 Å². The molecule has 5 heterocycles. The van der Waals surface area contributed by atoms with Crippen LogP contribution in [0.1, 0.15) is 44.3 Å². The molecule has 3 aliphatic heterocycles. The molecule has 3 aliphatic rings. The SMILES string of the molecule is Cc1cc(C(=O)N2CC[C@@H]3Oc4ccc(cc4)CNC(=O)COc4cccc(c4)-c4cncc(c4)C(=O)N[C@@H]3C2)nc(C)n1. The maximum atomic E-state index is 13.6. The fraction of sp³-hybridized carbons (Fsp3) is 0.273. The fourth-order valence-electron chi connectivity index (χ4n) is 5.38. The van der Waals surface area contributed by atoms with Crippen molar-refractivity contribution in [2.75, 3.05) is 19.7 Å². The summed E-state index contributed by atoms with van der Waals surface area (Å²) in [5.41, 5.74) is 3.78. The Bertz CT molecular complexity index is 1690. The first-order valence-corrected chi connectivity index (χ1v) is 14.4. The molecular formula is C33H32N6O5. The van der Waals surface area contributed by atoms with Crippen LogP contribution in [-0.4, -0.2) is 69.4 Å². The van der Waals surface area contributed by atoms with E-state index in [1.165, 1.54) is 6.20 Å². The first-order valence-electron chi connectivity index (χ1n) is 14.4. The van der Waals surface area contributed by atoms with Gasteiger partial charge in [0.25, 0.3) is 17.7 Å². The molecule has 0 saturated carbocycles. The zero-order valence-corrected chi connectivity index (χ0v) is 24.4. The number of rotatable bonds is 1. The van der Waals surface area contributed by atoms with Gasteiger partial charge in [-0.25, -0.2) is 9.97 Å². The number of carbonyl (C=O) groups is 3. The van der Waals surface area contributed by atoms with E-state index in [4.69, 9.17) is 9.47 Å². The number of ether oxygens (including phenoxy) is 2. The van der Waals surface area contributed by atoms with Gasteiger partial charge in [-0.1, -0.05) is 24.3 Å². The molecule has 44 heavy (non-hydrogen) atoms. The third-order valence-corrected chi connectivity index (χ3v) is 7.58. The number of aromatic nitrogens is 3. The average molecular weight is 593 g/mol. The molecule has 2 N–H and O–H groups in total. The lowest BCUT2D eigenvalue weighted by atomic mass is 10.00. The third-order valence-electron chi connectivity index (χ3n) is 7.58. The monoisotopic (exact) mass is 592 g/mol. The van der Waals surface area contributed by atoms with Gasteiger partial charge < -0.3 is 25.0 Å². The molecule has 7 rings (SSSR count). The van der Waals surface area contributed by atoms with Crippen LogP contribution in [0.5, 0.6) is 11.5 Å². The Morgan fingerprint density at radius 2 is 1.75 bits per heavy atom. The molecular weight excluding hydrogens is 560 g/mol. The quantitative estimate of drug-likeness (QED) is 0.344. The van der Waals surface area contributed by atoms with Crippen LogP contribution in [0, 0.1) is 13.8 Å². The molecule has 3 amide bonds. The average Bonchev–Trinajstić information content (AvgIpc) is 3.03. The molecule has 11 nitrogen and oxygen atoms in total. The summed E-state index contributed by atoms with van der Waals surface area (Å²) in [6.07, 6.45) is 3.25. The summed E-state index contributed by atoms with van der Waals surface area (Å²) in [5, 5.41) is 5.98. The summed E-state index contributed by atoms with van der Waals surface area (Å²) in [6.45, 7) is 4.44. The Balaban J connectivity index is 1.31. The number of hydrogen-bond donors (Lipinski definition) is 2. The lowest BCUT2D eigenvalue weighted by molar-refractivity contribution is -0.123. The highest BCUT2D eigenvalue weighted by atomic mass is 16.5. The standard InChI is InChI=1S/C33H32N6O5/c1-20-12-28(37-21(2)36-20)33(42)39-11-10-30-29(18-39)38-32(41)25-13-24(16-34-17-25)23-4-3-5-27(14-23)43-19-31(40)35-15-22-6-8-26(44-30)9-7-22/h3-9,12-14,16-17,29-30H,10-11,15,18-19H2,1-2H3,(H,35,40)(H,38,41)/t29-,30+/m1/s1. The Morgan fingerprint density at radius 3 is 2.57 bits per heavy atom. The smallest absolute Gasteiger partial charge is 0.272 e. The van der Waals surface area contributed by atoms with E-state index in [1.807, 2.05) is 43.3 Å².